The molecule has 0 saturated heterocycles. The van der Waals surface area contributed by atoms with Crippen molar-refractivity contribution in [2.45, 2.75) is 51.4 Å². The van der Waals surface area contributed by atoms with Gasteiger partial charge in [-0.15, -0.1) is 0 Å². The van der Waals surface area contributed by atoms with Crippen LogP contribution >= 0.6 is 0 Å². The van der Waals surface area contributed by atoms with Gasteiger partial charge in [0.25, 0.3) is 0 Å². The quantitative estimate of drug-likeness (QED) is 0.611. The summed E-state index contributed by atoms with van der Waals surface area (Å²) in [6.07, 6.45) is 8.83. The lowest BCUT2D eigenvalue weighted by Crippen LogP contribution is -2.34. The molecule has 0 N–H and O–H groups in total. The molecular formula is C18H24. The van der Waals surface area contributed by atoms with Crippen molar-refractivity contribution in [3.63, 3.8) is 0 Å². The molecule has 2 saturated carbocycles. The Hall–Kier alpha value is -0.780. The molecule has 1 aromatic carbocycles. The number of hydrogen-bond acceptors (Lipinski definition) is 0. The highest BCUT2D eigenvalue weighted by Crippen LogP contribution is 2.56. The maximum atomic E-state index is 2.48. The molecule has 2 fully saturated rings. The normalized spacial score (nSPS) is 41.9. The average Bonchev–Trinajstić information content (AvgIpc) is 2.79. The summed E-state index contributed by atoms with van der Waals surface area (Å²) >= 11 is 0. The van der Waals surface area contributed by atoms with Crippen molar-refractivity contribution in [1.82, 2.24) is 0 Å². The molecule has 1 unspecified atom stereocenters. The van der Waals surface area contributed by atoms with Crippen LogP contribution in [0.15, 0.2) is 24.3 Å². The van der Waals surface area contributed by atoms with Crippen LogP contribution in [0.1, 0.15) is 56.1 Å². The molecule has 3 aliphatic carbocycles. The van der Waals surface area contributed by atoms with Crippen LogP contribution in [0.2, 0.25) is 0 Å². The van der Waals surface area contributed by atoms with Gasteiger partial charge in [-0.25, -0.2) is 0 Å². The van der Waals surface area contributed by atoms with Crippen molar-refractivity contribution >= 4 is 0 Å². The molecule has 0 heteroatoms. The maximum absolute atomic E-state index is 2.48. The van der Waals surface area contributed by atoms with E-state index >= 15 is 0 Å². The summed E-state index contributed by atoms with van der Waals surface area (Å²) < 4.78 is 0. The second-order valence-corrected chi connectivity index (χ2v) is 7.09. The molecule has 0 aromatic heterocycles. The first-order valence-electron chi connectivity index (χ1n) is 7.90. The van der Waals surface area contributed by atoms with E-state index in [0.29, 0.717) is 0 Å². The van der Waals surface area contributed by atoms with E-state index in [1.807, 2.05) is 0 Å². The lowest BCUT2D eigenvalue weighted by Gasteiger charge is -2.44. The summed E-state index contributed by atoms with van der Waals surface area (Å²) in [7, 11) is 0. The lowest BCUT2D eigenvalue weighted by molar-refractivity contribution is 0.136. The Morgan fingerprint density at radius 3 is 2.78 bits per heavy atom. The van der Waals surface area contributed by atoms with Crippen molar-refractivity contribution in [1.29, 1.82) is 0 Å². The van der Waals surface area contributed by atoms with Crippen molar-refractivity contribution in [3.05, 3.63) is 35.4 Å². The van der Waals surface area contributed by atoms with E-state index in [1.165, 1.54) is 38.5 Å². The third-order valence-corrected chi connectivity index (χ3v) is 6.10. The van der Waals surface area contributed by atoms with E-state index < -0.39 is 0 Å². The van der Waals surface area contributed by atoms with Crippen molar-refractivity contribution < 1.29 is 0 Å². The second kappa shape index (κ2) is 4.11. The minimum Gasteiger partial charge on any atom is -0.0625 e. The predicted octanol–water partition coefficient (Wildman–Crippen LogP) is 4.79. The number of benzene rings is 1. The highest BCUT2D eigenvalue weighted by molar-refractivity contribution is 5.34. The molecule has 0 bridgehead atoms. The molecule has 0 amide bonds. The highest BCUT2D eigenvalue weighted by Gasteiger charge is 2.45. The van der Waals surface area contributed by atoms with Crippen molar-refractivity contribution in [2.75, 3.05) is 0 Å². The Morgan fingerprint density at radius 2 is 1.83 bits per heavy atom. The molecule has 18 heavy (non-hydrogen) atoms. The zero-order chi connectivity index (χ0) is 12.1. The molecule has 1 aromatic rings. The van der Waals surface area contributed by atoms with E-state index in [1.54, 1.807) is 11.1 Å². The van der Waals surface area contributed by atoms with Gasteiger partial charge in [0.1, 0.15) is 0 Å². The van der Waals surface area contributed by atoms with Crippen LogP contribution in [-0.2, 0) is 6.42 Å². The summed E-state index contributed by atoms with van der Waals surface area (Å²) in [5.74, 6) is 5.06. The Bertz CT molecular complexity index is 447. The minimum atomic E-state index is 0.904. The standard InChI is InChI=1S/C18H24/c1-12-10-14-7-9-16-15-5-3-2-4-13(15)6-8-17(16)18(14)11-12/h2-5,12,14,16-18H,6-11H2,1H3/t12?,14-,16-,17-,18-/m1/s1. The van der Waals surface area contributed by atoms with Crippen LogP contribution in [0.3, 0.4) is 0 Å². The second-order valence-electron chi connectivity index (χ2n) is 7.09. The van der Waals surface area contributed by atoms with Crippen LogP contribution in [0.25, 0.3) is 0 Å². The topological polar surface area (TPSA) is 0 Å². The molecule has 4 rings (SSSR count). The van der Waals surface area contributed by atoms with E-state index in [4.69, 9.17) is 0 Å². The van der Waals surface area contributed by atoms with Gasteiger partial charge in [0.15, 0.2) is 0 Å². The van der Waals surface area contributed by atoms with Crippen LogP contribution in [-0.4, -0.2) is 0 Å². The number of aryl methyl sites for hydroxylation is 1. The third-order valence-electron chi connectivity index (χ3n) is 6.10. The maximum Gasteiger partial charge on any atom is -0.0128 e. The first kappa shape index (κ1) is 11.1. The fourth-order valence-electron chi connectivity index (χ4n) is 5.45. The molecular weight excluding hydrogens is 216 g/mol. The van der Waals surface area contributed by atoms with Crippen molar-refractivity contribution in [3.8, 4) is 0 Å². The predicted molar refractivity (Wildman–Crippen MR) is 75.6 cm³/mol. The van der Waals surface area contributed by atoms with Gasteiger partial charge in [0.2, 0.25) is 0 Å². The summed E-state index contributed by atoms with van der Waals surface area (Å²) in [5, 5.41) is 0. The van der Waals surface area contributed by atoms with Gasteiger partial charge in [-0.1, -0.05) is 31.2 Å². The SMILES string of the molecule is CC1C[C@H]2CC[C@@H]3c4ccccc4CC[C@H]3[C@@H]2C1. The van der Waals surface area contributed by atoms with Gasteiger partial charge in [-0.2, -0.15) is 0 Å². The smallest absolute Gasteiger partial charge is 0.0128 e. The summed E-state index contributed by atoms with van der Waals surface area (Å²) in [6.45, 7) is 2.48. The zero-order valence-corrected chi connectivity index (χ0v) is 11.4. The van der Waals surface area contributed by atoms with Gasteiger partial charge < -0.3 is 0 Å². The van der Waals surface area contributed by atoms with Gasteiger partial charge in [0.05, 0.1) is 0 Å². The molecule has 0 spiro atoms. The number of fused-ring (bicyclic) bond motifs is 5. The molecule has 0 heterocycles. The first-order chi connectivity index (χ1) is 8.83. The van der Waals surface area contributed by atoms with Gasteiger partial charge in [-0.05, 0) is 79.2 Å². The van der Waals surface area contributed by atoms with Gasteiger partial charge in [0, 0.05) is 0 Å². The van der Waals surface area contributed by atoms with Crippen LogP contribution in [0.5, 0.6) is 0 Å². The lowest BCUT2D eigenvalue weighted by atomic mass is 9.61. The van der Waals surface area contributed by atoms with Crippen LogP contribution in [0, 0.1) is 23.7 Å². The number of hydrogen-bond donors (Lipinski definition) is 0. The van der Waals surface area contributed by atoms with Gasteiger partial charge >= 0.3 is 0 Å². The average molecular weight is 240 g/mol. The van der Waals surface area contributed by atoms with E-state index in [9.17, 15) is 0 Å². The summed E-state index contributed by atoms with van der Waals surface area (Å²) in [5.41, 5.74) is 3.37. The molecule has 3 aliphatic rings. The zero-order valence-electron chi connectivity index (χ0n) is 11.4. The van der Waals surface area contributed by atoms with E-state index in [-0.39, 0.29) is 0 Å². The molecule has 0 nitrogen and oxygen atoms in total. The summed E-state index contributed by atoms with van der Waals surface area (Å²) in [4.78, 5) is 0. The fraction of sp³-hybridized carbons (Fsp3) is 0.667. The molecule has 5 atom stereocenters. The number of rotatable bonds is 0. The van der Waals surface area contributed by atoms with Crippen LogP contribution in [0.4, 0.5) is 0 Å². The Kier molecular flexibility index (Phi) is 2.53. The Morgan fingerprint density at radius 1 is 0.944 bits per heavy atom. The molecule has 0 aliphatic heterocycles. The summed E-state index contributed by atoms with van der Waals surface area (Å²) in [6, 6.07) is 9.27. The minimum absolute atomic E-state index is 0.904. The van der Waals surface area contributed by atoms with E-state index in [2.05, 4.69) is 31.2 Å². The molecule has 96 valence electrons. The Labute approximate surface area is 111 Å². The molecule has 0 radical (unpaired) electrons. The van der Waals surface area contributed by atoms with Crippen LogP contribution < -0.4 is 0 Å². The largest absolute Gasteiger partial charge is 0.0625 e. The monoisotopic (exact) mass is 240 g/mol. The third kappa shape index (κ3) is 1.57. The van der Waals surface area contributed by atoms with E-state index in [0.717, 1.165) is 29.6 Å². The first-order valence-corrected chi connectivity index (χ1v) is 7.90. The fourth-order valence-corrected chi connectivity index (χ4v) is 5.45. The highest BCUT2D eigenvalue weighted by atomic mass is 14.5. The Balaban J connectivity index is 1.68. The van der Waals surface area contributed by atoms with Crippen molar-refractivity contribution in [2.24, 2.45) is 23.7 Å². The van der Waals surface area contributed by atoms with Gasteiger partial charge in [-0.3, -0.25) is 0 Å².